The van der Waals surface area contributed by atoms with Crippen LogP contribution < -0.4 is 21.2 Å². The van der Waals surface area contributed by atoms with Crippen LogP contribution >= 0.6 is 0 Å². The molecule has 0 bridgehead atoms. The Morgan fingerprint density at radius 1 is 1.47 bits per heavy atom. The van der Waals surface area contributed by atoms with Crippen molar-refractivity contribution in [2.45, 2.75) is 6.29 Å². The Morgan fingerprint density at radius 3 is 2.93 bits per heavy atom. The van der Waals surface area contributed by atoms with Crippen molar-refractivity contribution >= 4 is 9.95 Å². The first-order valence-corrected chi connectivity index (χ1v) is 7.46. The van der Waals surface area contributed by atoms with Gasteiger partial charge in [0.2, 0.25) is 0 Å². The number of carbonyl (C=O) groups is 2. The Labute approximate surface area is 96.8 Å². The first-order chi connectivity index (χ1) is 7.22. The maximum atomic E-state index is 11.3. The minimum absolute atomic E-state index is 0.275. The van der Waals surface area contributed by atoms with Crippen molar-refractivity contribution in [3.63, 3.8) is 0 Å². The Balaban J connectivity index is 2.25. The molecule has 1 aliphatic heterocycles. The first-order valence-electron chi connectivity index (χ1n) is 4.22. The van der Waals surface area contributed by atoms with Crippen LogP contribution in [0.1, 0.15) is 22.2 Å². The van der Waals surface area contributed by atoms with Gasteiger partial charge >= 0.3 is 96.8 Å². The SMILES string of the molecule is C[I-]C(=O)OC1OC(=O)c2ccccc21. The van der Waals surface area contributed by atoms with Gasteiger partial charge in [0, 0.05) is 0 Å². The van der Waals surface area contributed by atoms with Gasteiger partial charge in [-0.1, -0.05) is 0 Å². The van der Waals surface area contributed by atoms with E-state index in [9.17, 15) is 9.59 Å². The maximum absolute atomic E-state index is 11.3. The molecule has 0 spiro atoms. The molecule has 0 aliphatic carbocycles. The van der Waals surface area contributed by atoms with E-state index in [1.807, 2.05) is 0 Å². The molecule has 1 aromatic carbocycles. The van der Waals surface area contributed by atoms with Crippen LogP contribution in [0.4, 0.5) is 4.79 Å². The molecule has 5 heteroatoms. The predicted octanol–water partition coefficient (Wildman–Crippen LogP) is -1.29. The zero-order valence-corrected chi connectivity index (χ0v) is 10.1. The van der Waals surface area contributed by atoms with Crippen molar-refractivity contribution in [2.75, 3.05) is 4.93 Å². The molecule has 0 saturated carbocycles. The summed E-state index contributed by atoms with van der Waals surface area (Å²) in [5.41, 5.74) is 1.11. The van der Waals surface area contributed by atoms with Crippen LogP contribution in [0.15, 0.2) is 24.3 Å². The second-order valence-corrected chi connectivity index (χ2v) is 4.83. The van der Waals surface area contributed by atoms with E-state index in [-0.39, 0.29) is 3.98 Å². The molecule has 0 fully saturated rings. The summed E-state index contributed by atoms with van der Waals surface area (Å²) >= 11 is -0.631. The van der Waals surface area contributed by atoms with Gasteiger partial charge in [-0.15, -0.1) is 0 Å². The van der Waals surface area contributed by atoms with Crippen molar-refractivity contribution in [1.29, 1.82) is 0 Å². The summed E-state index contributed by atoms with van der Waals surface area (Å²) in [5, 5.41) is 0. The van der Waals surface area contributed by atoms with Gasteiger partial charge < -0.3 is 0 Å². The second-order valence-electron chi connectivity index (χ2n) is 2.87. The fourth-order valence-electron chi connectivity index (χ4n) is 1.33. The van der Waals surface area contributed by atoms with Gasteiger partial charge in [-0.05, 0) is 0 Å². The van der Waals surface area contributed by atoms with Crippen LogP contribution in [0.2, 0.25) is 0 Å². The zero-order chi connectivity index (χ0) is 10.8. The monoisotopic (exact) mass is 319 g/mol. The number of carbonyl (C=O) groups excluding carboxylic acids is 2. The Bertz CT molecular complexity index is 416. The number of ether oxygens (including phenoxy) is 2. The first kappa shape index (κ1) is 10.4. The summed E-state index contributed by atoms with van der Waals surface area (Å²) in [6, 6.07) is 6.92. The van der Waals surface area contributed by atoms with Crippen molar-refractivity contribution in [3.8, 4) is 0 Å². The van der Waals surface area contributed by atoms with Gasteiger partial charge in [0.15, 0.2) is 0 Å². The van der Waals surface area contributed by atoms with Gasteiger partial charge in [-0.25, -0.2) is 0 Å². The van der Waals surface area contributed by atoms with E-state index in [1.54, 1.807) is 29.2 Å². The molecule has 15 heavy (non-hydrogen) atoms. The molecule has 0 saturated heterocycles. The van der Waals surface area contributed by atoms with E-state index < -0.39 is 33.5 Å². The fourth-order valence-corrected chi connectivity index (χ4v) is 1.81. The van der Waals surface area contributed by atoms with E-state index >= 15 is 0 Å². The van der Waals surface area contributed by atoms with Gasteiger partial charge in [-0.2, -0.15) is 0 Å². The number of cyclic esters (lactones) is 1. The molecule has 1 atom stereocenters. The molecule has 0 N–H and O–H groups in total. The molecule has 0 radical (unpaired) electrons. The fraction of sp³-hybridized carbons (Fsp3) is 0.200. The summed E-state index contributed by atoms with van der Waals surface area (Å²) < 4.78 is 9.69. The third-order valence-electron chi connectivity index (χ3n) is 2.00. The number of rotatable bonds is 2. The number of alkyl halides is 1. The van der Waals surface area contributed by atoms with Crippen molar-refractivity contribution in [3.05, 3.63) is 35.4 Å². The Kier molecular flexibility index (Phi) is 2.90. The Hall–Kier alpha value is -1.11. The summed E-state index contributed by atoms with van der Waals surface area (Å²) in [5.74, 6) is -0.433. The van der Waals surface area contributed by atoms with E-state index in [1.165, 1.54) is 0 Å². The molecule has 80 valence electrons. The molecule has 1 aromatic rings. The zero-order valence-electron chi connectivity index (χ0n) is 7.90. The van der Waals surface area contributed by atoms with Crippen molar-refractivity contribution < 1.29 is 40.3 Å². The normalized spacial score (nSPS) is 18.5. The topological polar surface area (TPSA) is 52.6 Å². The van der Waals surface area contributed by atoms with Crippen LogP contribution in [-0.2, 0) is 9.47 Å². The third kappa shape index (κ3) is 1.97. The van der Waals surface area contributed by atoms with Crippen molar-refractivity contribution in [1.82, 2.24) is 0 Å². The standard InChI is InChI=1S/C10H8IO4/c1-11-10(13)15-9-7-5-3-2-4-6(7)8(12)14-9/h2-5,9H,1H3/q-1. The van der Waals surface area contributed by atoms with Crippen LogP contribution in [0.25, 0.3) is 0 Å². The van der Waals surface area contributed by atoms with E-state index in [2.05, 4.69) is 0 Å². The molecular weight excluding hydrogens is 311 g/mol. The molecule has 2 rings (SSSR count). The van der Waals surface area contributed by atoms with Crippen LogP contribution in [0.5, 0.6) is 0 Å². The van der Waals surface area contributed by atoms with Crippen LogP contribution in [0, 0.1) is 0 Å². The molecular formula is C10H8IO4-. The van der Waals surface area contributed by atoms with Gasteiger partial charge in [0.1, 0.15) is 0 Å². The minimum atomic E-state index is -0.846. The predicted molar refractivity (Wildman–Crippen MR) is 47.0 cm³/mol. The van der Waals surface area contributed by atoms with E-state index in [0.717, 1.165) is 0 Å². The van der Waals surface area contributed by atoms with Gasteiger partial charge in [0.25, 0.3) is 0 Å². The number of hydrogen-bond donors (Lipinski definition) is 0. The van der Waals surface area contributed by atoms with Crippen molar-refractivity contribution in [2.24, 2.45) is 0 Å². The molecule has 0 aromatic heterocycles. The van der Waals surface area contributed by atoms with E-state index in [0.29, 0.717) is 11.1 Å². The summed E-state index contributed by atoms with van der Waals surface area (Å²) in [7, 11) is 0. The van der Waals surface area contributed by atoms with Gasteiger partial charge in [-0.3, -0.25) is 0 Å². The van der Waals surface area contributed by atoms with Crippen LogP contribution in [-0.4, -0.2) is 14.9 Å². The number of hydrogen-bond acceptors (Lipinski definition) is 4. The number of benzene rings is 1. The average molecular weight is 319 g/mol. The third-order valence-corrected chi connectivity index (χ3v) is 3.14. The Morgan fingerprint density at radius 2 is 2.20 bits per heavy atom. The molecule has 1 unspecified atom stereocenters. The number of esters is 1. The molecule has 1 aliphatic rings. The quantitative estimate of drug-likeness (QED) is 0.295. The van der Waals surface area contributed by atoms with Crippen LogP contribution in [0.3, 0.4) is 0 Å². The number of halogens is 1. The average Bonchev–Trinajstić information content (AvgIpc) is 2.57. The molecule has 4 nitrogen and oxygen atoms in total. The number of fused-ring (bicyclic) bond motifs is 1. The van der Waals surface area contributed by atoms with E-state index in [4.69, 9.17) is 9.47 Å². The summed E-state index contributed by atoms with van der Waals surface area (Å²) in [6.07, 6.45) is -0.846. The summed E-state index contributed by atoms with van der Waals surface area (Å²) in [6.45, 7) is 0. The molecule has 0 amide bonds. The summed E-state index contributed by atoms with van der Waals surface area (Å²) in [4.78, 5) is 24.3. The van der Waals surface area contributed by atoms with Gasteiger partial charge in [0.05, 0.1) is 0 Å². The molecule has 1 heterocycles. The second kappa shape index (κ2) is 4.18.